The molecule has 0 unspecified atom stereocenters. The lowest BCUT2D eigenvalue weighted by molar-refractivity contribution is -0.122. The minimum Gasteiger partial charge on any atom is -0.344 e. The van der Waals surface area contributed by atoms with Crippen LogP contribution in [0.3, 0.4) is 0 Å². The topological polar surface area (TPSA) is 120 Å². The highest BCUT2D eigenvalue weighted by atomic mass is 16.2. The van der Waals surface area contributed by atoms with Crippen LogP contribution in [0.2, 0.25) is 0 Å². The van der Waals surface area contributed by atoms with Crippen molar-refractivity contribution in [3.63, 3.8) is 0 Å². The summed E-state index contributed by atoms with van der Waals surface area (Å²) in [6.07, 6.45) is 1.94. The minimum absolute atomic E-state index is 0.130. The van der Waals surface area contributed by atoms with E-state index < -0.39 is 17.3 Å². The van der Waals surface area contributed by atoms with Crippen molar-refractivity contribution >= 4 is 28.1 Å². The van der Waals surface area contributed by atoms with E-state index >= 15 is 0 Å². The van der Waals surface area contributed by atoms with Crippen molar-refractivity contribution in [1.29, 1.82) is 0 Å². The molecule has 172 valence electrons. The van der Waals surface area contributed by atoms with Gasteiger partial charge in [0.2, 0.25) is 5.91 Å². The molecule has 0 spiro atoms. The van der Waals surface area contributed by atoms with Gasteiger partial charge in [0.15, 0.2) is 11.2 Å². The van der Waals surface area contributed by atoms with Gasteiger partial charge in [0.05, 0.1) is 23.4 Å². The first-order chi connectivity index (χ1) is 16.4. The second kappa shape index (κ2) is 8.47. The molecule has 10 nitrogen and oxygen atoms in total. The molecule has 1 atom stereocenters. The van der Waals surface area contributed by atoms with Crippen molar-refractivity contribution in [2.75, 3.05) is 0 Å². The van der Waals surface area contributed by atoms with Gasteiger partial charge in [-0.05, 0) is 24.1 Å². The number of carbonyl (C=O) groups is 1. The first-order valence-corrected chi connectivity index (χ1v) is 10.8. The predicted molar refractivity (Wildman–Crippen MR) is 127 cm³/mol. The number of rotatable bonds is 6. The molecule has 3 aromatic heterocycles. The van der Waals surface area contributed by atoms with Crippen LogP contribution in [-0.2, 0) is 31.9 Å². The molecular weight excluding hydrogens is 434 g/mol. The summed E-state index contributed by atoms with van der Waals surface area (Å²) in [5, 5.41) is 3.05. The number of para-hydroxylation sites is 2. The van der Waals surface area contributed by atoms with Crippen molar-refractivity contribution in [3.05, 3.63) is 93.2 Å². The fraction of sp³-hybridized carbons (Fsp3) is 0.208. The van der Waals surface area contributed by atoms with Gasteiger partial charge in [0.1, 0.15) is 12.4 Å². The lowest BCUT2D eigenvalue weighted by atomic mass is 10.1. The monoisotopic (exact) mass is 457 g/mol. The van der Waals surface area contributed by atoms with Gasteiger partial charge in [-0.1, -0.05) is 42.5 Å². The highest BCUT2D eigenvalue weighted by molar-refractivity contribution is 5.80. The van der Waals surface area contributed by atoms with Gasteiger partial charge >= 0.3 is 5.69 Å². The number of aromatic amines is 1. The number of hydrogen-bond acceptors (Lipinski definition) is 5. The summed E-state index contributed by atoms with van der Waals surface area (Å²) in [6.45, 7) is -0.130. The number of nitrogens with zero attached hydrogens (tertiary/aromatic N) is 5. The number of amides is 1. The second-order valence-electron chi connectivity index (χ2n) is 8.20. The zero-order chi connectivity index (χ0) is 23.8. The quantitative estimate of drug-likeness (QED) is 0.400. The summed E-state index contributed by atoms with van der Waals surface area (Å²) >= 11 is 0. The summed E-state index contributed by atoms with van der Waals surface area (Å²) in [4.78, 5) is 50.1. The highest BCUT2D eigenvalue weighted by Gasteiger charge is 2.21. The van der Waals surface area contributed by atoms with Crippen LogP contribution in [-0.4, -0.2) is 34.6 Å². The van der Waals surface area contributed by atoms with Crippen LogP contribution in [0, 0.1) is 0 Å². The van der Waals surface area contributed by atoms with E-state index in [0.717, 1.165) is 21.2 Å². The van der Waals surface area contributed by atoms with Crippen molar-refractivity contribution < 1.29 is 4.79 Å². The van der Waals surface area contributed by atoms with E-state index in [1.165, 1.54) is 22.5 Å². The van der Waals surface area contributed by atoms with Crippen LogP contribution in [0.25, 0.3) is 22.2 Å². The van der Waals surface area contributed by atoms with Crippen LogP contribution in [0.15, 0.2) is 70.5 Å². The van der Waals surface area contributed by atoms with Gasteiger partial charge in [0.25, 0.3) is 5.56 Å². The maximum atomic E-state index is 13.1. The summed E-state index contributed by atoms with van der Waals surface area (Å²) in [6, 6.07) is 17.1. The van der Waals surface area contributed by atoms with Gasteiger partial charge < -0.3 is 14.9 Å². The number of aromatic nitrogens is 6. The Morgan fingerprint density at radius 1 is 1.03 bits per heavy atom. The molecule has 0 radical (unpaired) electrons. The zero-order valence-corrected chi connectivity index (χ0v) is 18.7. The summed E-state index contributed by atoms with van der Waals surface area (Å²) in [5.74, 6) is 0.337. The molecule has 5 aromatic rings. The number of fused-ring (bicyclic) bond motifs is 2. The molecule has 2 N–H and O–H groups in total. The van der Waals surface area contributed by atoms with Crippen LogP contribution < -0.4 is 16.6 Å². The van der Waals surface area contributed by atoms with E-state index in [9.17, 15) is 14.4 Å². The standard InChI is InChI=1S/C24H23N7O3/c1-29-22-20(23(33)30(2)24(29)34)31(14-25-22)13-19(32)26-18(12-15-8-4-3-5-9-15)21-27-16-10-6-7-11-17(16)28-21/h3-11,14,18H,12-13H2,1-2H3,(H,26,32)(H,27,28)/t18-/m0/s1. The Hall–Kier alpha value is -4.47. The maximum Gasteiger partial charge on any atom is 0.332 e. The fourth-order valence-corrected chi connectivity index (χ4v) is 4.11. The van der Waals surface area contributed by atoms with Gasteiger partial charge in [-0.2, -0.15) is 0 Å². The van der Waals surface area contributed by atoms with Gasteiger partial charge in [-0.25, -0.2) is 14.8 Å². The lowest BCUT2D eigenvalue weighted by Gasteiger charge is -2.17. The molecule has 2 aromatic carbocycles. The first-order valence-electron chi connectivity index (χ1n) is 10.8. The number of aryl methyl sites for hydroxylation is 1. The van der Waals surface area contributed by atoms with Crippen LogP contribution >= 0.6 is 0 Å². The molecule has 0 bridgehead atoms. The van der Waals surface area contributed by atoms with E-state index in [1.807, 2.05) is 54.6 Å². The zero-order valence-electron chi connectivity index (χ0n) is 18.7. The van der Waals surface area contributed by atoms with E-state index in [2.05, 4.69) is 20.3 Å². The second-order valence-corrected chi connectivity index (χ2v) is 8.20. The van der Waals surface area contributed by atoms with E-state index in [-0.39, 0.29) is 23.6 Å². The Labute approximate surface area is 193 Å². The average Bonchev–Trinajstić information content (AvgIpc) is 3.46. The molecule has 10 heteroatoms. The Kier molecular flexibility index (Phi) is 5.33. The SMILES string of the molecule is Cn1c(=O)c2c(ncn2CC(=O)N[C@@H](Cc2ccccc2)c2nc3ccccc3[nH]2)n(C)c1=O. The first kappa shape index (κ1) is 21.4. The Balaban J connectivity index is 1.46. The van der Waals surface area contributed by atoms with Gasteiger partial charge in [-0.15, -0.1) is 0 Å². The molecule has 0 saturated carbocycles. The van der Waals surface area contributed by atoms with E-state index in [4.69, 9.17) is 0 Å². The Morgan fingerprint density at radius 2 is 1.76 bits per heavy atom. The molecule has 0 aliphatic rings. The number of benzene rings is 2. The molecule has 1 amide bonds. The van der Waals surface area contributed by atoms with Gasteiger partial charge in [-0.3, -0.25) is 18.7 Å². The molecule has 0 aliphatic heterocycles. The average molecular weight is 457 g/mol. The number of hydrogen-bond donors (Lipinski definition) is 2. The van der Waals surface area contributed by atoms with Crippen molar-refractivity contribution in [2.24, 2.45) is 14.1 Å². The van der Waals surface area contributed by atoms with Crippen LogP contribution in [0.5, 0.6) is 0 Å². The summed E-state index contributed by atoms with van der Waals surface area (Å²) in [5.41, 5.74) is 2.21. The van der Waals surface area contributed by atoms with E-state index in [1.54, 1.807) is 7.05 Å². The maximum absolute atomic E-state index is 13.1. The fourth-order valence-electron chi connectivity index (χ4n) is 4.11. The third kappa shape index (κ3) is 3.79. The van der Waals surface area contributed by atoms with Crippen molar-refractivity contribution in [3.8, 4) is 0 Å². The molecular formula is C24H23N7O3. The summed E-state index contributed by atoms with van der Waals surface area (Å²) in [7, 11) is 2.94. The molecule has 34 heavy (non-hydrogen) atoms. The predicted octanol–water partition coefficient (Wildman–Crippen LogP) is 1.41. The smallest absolute Gasteiger partial charge is 0.332 e. The van der Waals surface area contributed by atoms with Crippen molar-refractivity contribution in [2.45, 2.75) is 19.0 Å². The van der Waals surface area contributed by atoms with E-state index in [0.29, 0.717) is 12.2 Å². The normalized spacial score (nSPS) is 12.3. The molecule has 5 rings (SSSR count). The third-order valence-corrected chi connectivity index (χ3v) is 5.89. The van der Waals surface area contributed by atoms with Crippen molar-refractivity contribution in [1.82, 2.24) is 34.0 Å². The molecule has 0 saturated heterocycles. The van der Waals surface area contributed by atoms with Crippen LogP contribution in [0.4, 0.5) is 0 Å². The molecule has 0 aliphatic carbocycles. The molecule has 3 heterocycles. The Bertz CT molecular complexity index is 1590. The summed E-state index contributed by atoms with van der Waals surface area (Å²) < 4.78 is 3.76. The van der Waals surface area contributed by atoms with Gasteiger partial charge in [0, 0.05) is 14.1 Å². The highest BCUT2D eigenvalue weighted by Crippen LogP contribution is 2.20. The lowest BCUT2D eigenvalue weighted by Crippen LogP contribution is -2.38. The number of nitrogens with one attached hydrogen (secondary N) is 2. The number of carbonyl (C=O) groups excluding carboxylic acids is 1. The Morgan fingerprint density at radius 3 is 2.53 bits per heavy atom. The largest absolute Gasteiger partial charge is 0.344 e. The third-order valence-electron chi connectivity index (χ3n) is 5.89. The molecule has 0 fully saturated rings. The van der Waals surface area contributed by atoms with Crippen LogP contribution in [0.1, 0.15) is 17.4 Å². The number of H-pyrrole nitrogens is 1. The minimum atomic E-state index is -0.499. The number of imidazole rings is 2.